The first-order chi connectivity index (χ1) is 20.0. The molecule has 1 unspecified atom stereocenters. The van der Waals surface area contributed by atoms with Crippen LogP contribution in [0.4, 0.5) is 5.82 Å². The van der Waals surface area contributed by atoms with Crippen LogP contribution in [0, 0.1) is 23.2 Å². The first-order valence-corrected chi connectivity index (χ1v) is 14.5. The van der Waals surface area contributed by atoms with Gasteiger partial charge >= 0.3 is 0 Å². The molecule has 1 amide bonds. The van der Waals surface area contributed by atoms with Crippen LogP contribution in [-0.2, 0) is 24.8 Å². The van der Waals surface area contributed by atoms with Gasteiger partial charge in [-0.25, -0.2) is 4.98 Å². The molecule has 2 bridgehead atoms. The first-order valence-electron chi connectivity index (χ1n) is 14.5. The number of amides is 1. The monoisotopic (exact) mass is 542 g/mol. The van der Waals surface area contributed by atoms with Crippen molar-refractivity contribution in [3.05, 3.63) is 82.8 Å². The van der Waals surface area contributed by atoms with Crippen molar-refractivity contribution in [3.63, 3.8) is 0 Å². The lowest BCUT2D eigenvalue weighted by Crippen LogP contribution is -2.24. The molecule has 0 radical (unpaired) electrons. The predicted molar refractivity (Wildman–Crippen MR) is 153 cm³/mol. The van der Waals surface area contributed by atoms with Crippen molar-refractivity contribution < 1.29 is 9.53 Å². The normalized spacial score (nSPS) is 22.8. The van der Waals surface area contributed by atoms with E-state index in [4.69, 9.17) is 9.72 Å². The lowest BCUT2D eigenvalue weighted by molar-refractivity contribution is 0.0525. The molecule has 3 fully saturated rings. The van der Waals surface area contributed by atoms with E-state index in [1.54, 1.807) is 6.33 Å². The van der Waals surface area contributed by atoms with Crippen LogP contribution < -0.4 is 4.90 Å². The maximum absolute atomic E-state index is 13.8. The fourth-order valence-corrected chi connectivity index (χ4v) is 6.97. The Kier molecular flexibility index (Phi) is 5.58. The lowest BCUT2D eigenvalue weighted by Gasteiger charge is -2.21. The van der Waals surface area contributed by atoms with Crippen molar-refractivity contribution in [3.8, 4) is 28.6 Å². The third kappa shape index (κ3) is 4.23. The minimum absolute atomic E-state index is 0.0119. The molecule has 8 heteroatoms. The van der Waals surface area contributed by atoms with Crippen molar-refractivity contribution in [2.24, 2.45) is 18.9 Å². The van der Waals surface area contributed by atoms with Crippen LogP contribution in [0.15, 0.2) is 54.9 Å². The Morgan fingerprint density at radius 1 is 1.05 bits per heavy atom. The molecule has 2 aliphatic carbocycles. The topological polar surface area (TPSA) is 96.9 Å². The average molecular weight is 543 g/mol. The highest BCUT2D eigenvalue weighted by molar-refractivity contribution is 6.10. The number of carbonyl (C=O) groups excluding carboxylic acids is 1. The molecular weight excluding hydrogens is 512 g/mol. The van der Waals surface area contributed by atoms with Crippen LogP contribution in [-0.4, -0.2) is 38.4 Å². The van der Waals surface area contributed by atoms with E-state index in [0.717, 1.165) is 65.8 Å². The number of anilines is 1. The van der Waals surface area contributed by atoms with Crippen molar-refractivity contribution in [2.75, 3.05) is 11.5 Å². The summed E-state index contributed by atoms with van der Waals surface area (Å²) in [6.07, 6.45) is 7.62. The molecule has 41 heavy (non-hydrogen) atoms. The summed E-state index contributed by atoms with van der Waals surface area (Å²) in [7, 11) is 1.89. The summed E-state index contributed by atoms with van der Waals surface area (Å²) >= 11 is 0. The van der Waals surface area contributed by atoms with E-state index < -0.39 is 0 Å². The molecule has 4 heterocycles. The van der Waals surface area contributed by atoms with Gasteiger partial charge in [0.25, 0.3) is 5.91 Å². The van der Waals surface area contributed by atoms with Gasteiger partial charge in [0.05, 0.1) is 30.9 Å². The predicted octanol–water partition coefficient (Wildman–Crippen LogP) is 5.42. The van der Waals surface area contributed by atoms with Gasteiger partial charge in [-0.1, -0.05) is 18.2 Å². The molecule has 8 nitrogen and oxygen atoms in total. The maximum atomic E-state index is 13.8. The van der Waals surface area contributed by atoms with Crippen molar-refractivity contribution >= 4 is 11.7 Å². The minimum atomic E-state index is 0.0119. The number of hydrogen-bond acceptors (Lipinski definition) is 6. The Bertz CT molecular complexity index is 1750. The highest BCUT2D eigenvalue weighted by Crippen LogP contribution is 2.44. The zero-order valence-electron chi connectivity index (χ0n) is 23.0. The summed E-state index contributed by atoms with van der Waals surface area (Å²) in [5.74, 6) is 3.07. The van der Waals surface area contributed by atoms with E-state index in [2.05, 4.69) is 40.5 Å². The number of nitriles is 1. The van der Waals surface area contributed by atoms with E-state index in [0.29, 0.717) is 47.6 Å². The van der Waals surface area contributed by atoms with Gasteiger partial charge in [0.1, 0.15) is 12.1 Å². The SMILES string of the molecule is Cn1cnnc1-c1cc(C#N)ccc1-c1cc(C2CC2)nc(N2Cc3ccc(CC4C[C@@H]5C[C@H]4CO5)cc3C2=O)c1. The zero-order valence-corrected chi connectivity index (χ0v) is 23.0. The number of benzene rings is 2. The third-order valence-corrected chi connectivity index (χ3v) is 9.34. The summed E-state index contributed by atoms with van der Waals surface area (Å²) < 4.78 is 7.66. The number of ether oxygens (including phenoxy) is 1. The summed E-state index contributed by atoms with van der Waals surface area (Å²) in [6, 6.07) is 18.5. The molecular formula is C33H30N6O2. The number of aromatic nitrogens is 4. The van der Waals surface area contributed by atoms with Gasteiger partial charge in [-0.15, -0.1) is 10.2 Å². The second-order valence-corrected chi connectivity index (χ2v) is 12.1. The first kappa shape index (κ1) is 24.4. The molecule has 4 aliphatic rings. The summed E-state index contributed by atoms with van der Waals surface area (Å²) in [4.78, 5) is 20.7. The Hall–Kier alpha value is -4.35. The van der Waals surface area contributed by atoms with Crippen LogP contribution in [0.25, 0.3) is 22.5 Å². The van der Waals surface area contributed by atoms with Crippen LogP contribution in [0.1, 0.15) is 64.3 Å². The van der Waals surface area contributed by atoms with Crippen LogP contribution >= 0.6 is 0 Å². The number of nitrogens with zero attached hydrogens (tertiary/aromatic N) is 6. The quantitative estimate of drug-likeness (QED) is 0.323. The van der Waals surface area contributed by atoms with Gasteiger partial charge in [0.15, 0.2) is 5.82 Å². The highest BCUT2D eigenvalue weighted by Gasteiger charge is 2.40. The van der Waals surface area contributed by atoms with E-state index in [1.165, 1.54) is 12.0 Å². The molecule has 0 N–H and O–H groups in total. The Balaban J connectivity index is 1.15. The molecule has 2 aromatic heterocycles. The second kappa shape index (κ2) is 9.35. The van der Waals surface area contributed by atoms with E-state index in [9.17, 15) is 10.1 Å². The van der Waals surface area contributed by atoms with Crippen LogP contribution in [0.3, 0.4) is 0 Å². The number of pyridine rings is 1. The maximum Gasteiger partial charge on any atom is 0.260 e. The summed E-state index contributed by atoms with van der Waals surface area (Å²) in [5, 5.41) is 18.0. The minimum Gasteiger partial charge on any atom is -0.378 e. The molecule has 4 aromatic rings. The molecule has 2 saturated carbocycles. The Morgan fingerprint density at radius 2 is 1.95 bits per heavy atom. The van der Waals surface area contributed by atoms with Gasteiger partial charge in [0, 0.05) is 29.8 Å². The highest BCUT2D eigenvalue weighted by atomic mass is 16.5. The fourth-order valence-electron chi connectivity index (χ4n) is 6.97. The number of fused-ring (bicyclic) bond motifs is 3. The van der Waals surface area contributed by atoms with Gasteiger partial charge < -0.3 is 9.30 Å². The van der Waals surface area contributed by atoms with Crippen molar-refractivity contribution in [1.29, 1.82) is 5.26 Å². The van der Waals surface area contributed by atoms with Crippen molar-refractivity contribution in [1.82, 2.24) is 19.7 Å². The standard InChI is InChI=1S/C33H30N6O2/c1-38-18-35-37-32(38)29-10-20(15-34)3-7-27(29)24-13-30(21-5-6-21)36-31(14-24)39-16-22-4-2-19(9-28(22)33(39)40)8-23-11-26-12-25(23)17-41-26/h2-4,7,9-10,13-14,18,21,23,25-26H,5-6,8,11-12,16-17H2,1H3/t23?,25-,26+/m0/s1. The van der Waals surface area contributed by atoms with Crippen molar-refractivity contribution in [2.45, 2.75) is 50.7 Å². The third-order valence-electron chi connectivity index (χ3n) is 9.34. The number of carbonyl (C=O) groups is 1. The van der Waals surface area contributed by atoms with Gasteiger partial charge in [-0.2, -0.15) is 5.26 Å². The molecule has 2 aliphatic heterocycles. The summed E-state index contributed by atoms with van der Waals surface area (Å²) in [5.41, 5.74) is 7.37. The Morgan fingerprint density at radius 3 is 2.68 bits per heavy atom. The average Bonchev–Trinajstić information content (AvgIpc) is 3.25. The van der Waals surface area contributed by atoms with Gasteiger partial charge in [0.2, 0.25) is 0 Å². The molecule has 2 aromatic carbocycles. The van der Waals surface area contributed by atoms with Crippen LogP contribution in [0.5, 0.6) is 0 Å². The lowest BCUT2D eigenvalue weighted by atomic mass is 9.89. The van der Waals surface area contributed by atoms with E-state index in [1.807, 2.05) is 40.8 Å². The summed E-state index contributed by atoms with van der Waals surface area (Å²) in [6.45, 7) is 1.40. The second-order valence-electron chi connectivity index (χ2n) is 12.1. The van der Waals surface area contributed by atoms with E-state index >= 15 is 0 Å². The smallest absolute Gasteiger partial charge is 0.260 e. The number of rotatable bonds is 6. The largest absolute Gasteiger partial charge is 0.378 e. The number of hydrogen-bond donors (Lipinski definition) is 0. The Labute approximate surface area is 238 Å². The molecule has 0 spiro atoms. The molecule has 3 atom stereocenters. The number of aryl methyl sites for hydroxylation is 1. The van der Waals surface area contributed by atoms with Gasteiger partial charge in [-0.05, 0) is 96.5 Å². The molecule has 1 saturated heterocycles. The van der Waals surface area contributed by atoms with Crippen LogP contribution in [0.2, 0.25) is 0 Å². The molecule has 8 rings (SSSR count). The molecule has 204 valence electrons. The zero-order chi connectivity index (χ0) is 27.7. The van der Waals surface area contributed by atoms with E-state index in [-0.39, 0.29) is 5.91 Å². The fraction of sp³-hybridized carbons (Fsp3) is 0.364. The van der Waals surface area contributed by atoms with Gasteiger partial charge in [-0.3, -0.25) is 9.69 Å².